The number of carbonyl (C=O) groups excluding carboxylic acids is 1. The Balaban J connectivity index is 1.96. The van der Waals surface area contributed by atoms with Crippen molar-refractivity contribution in [2.75, 3.05) is 28.9 Å². The number of halogens is 1. The van der Waals surface area contributed by atoms with Crippen molar-refractivity contribution in [3.05, 3.63) is 60.4 Å². The van der Waals surface area contributed by atoms with Gasteiger partial charge >= 0.3 is 0 Å². The summed E-state index contributed by atoms with van der Waals surface area (Å²) < 4.78 is 65.1. The first-order chi connectivity index (χ1) is 15.0. The number of rotatable bonds is 8. The lowest BCUT2D eigenvalue weighted by atomic mass is 10.1. The number of nitrogens with zero attached hydrogens (tertiary/aromatic N) is 2. The first-order valence-electron chi connectivity index (χ1n) is 10.3. The molecule has 2 aromatic rings. The number of hydrogen-bond donors (Lipinski definition) is 0. The number of carbonyl (C=O) groups is 1. The van der Waals surface area contributed by atoms with Crippen LogP contribution in [0.5, 0.6) is 0 Å². The van der Waals surface area contributed by atoms with E-state index in [1.807, 2.05) is 13.8 Å². The Hall–Kier alpha value is -2.46. The summed E-state index contributed by atoms with van der Waals surface area (Å²) in [5, 5.41) is 0. The number of hydrogen-bond acceptors (Lipinski definition) is 5. The SMILES string of the molecule is CC(C)CN(C(=O)CN(c1ccccc1)S(=O)(=O)c1ccc(F)cc1)C1CCS(=O)(=O)C1. The van der Waals surface area contributed by atoms with E-state index < -0.39 is 44.2 Å². The van der Waals surface area contributed by atoms with E-state index in [4.69, 9.17) is 0 Å². The number of para-hydroxylation sites is 1. The van der Waals surface area contributed by atoms with E-state index in [2.05, 4.69) is 0 Å². The van der Waals surface area contributed by atoms with Gasteiger partial charge in [0, 0.05) is 12.6 Å². The maximum absolute atomic E-state index is 13.4. The van der Waals surface area contributed by atoms with E-state index in [-0.39, 0.29) is 28.0 Å². The molecule has 1 saturated heterocycles. The molecule has 0 saturated carbocycles. The minimum Gasteiger partial charge on any atom is -0.337 e. The van der Waals surface area contributed by atoms with Crippen molar-refractivity contribution in [1.29, 1.82) is 0 Å². The minimum absolute atomic E-state index is 0.00974. The molecule has 0 N–H and O–H groups in total. The summed E-state index contributed by atoms with van der Waals surface area (Å²) in [6, 6.07) is 12.1. The highest BCUT2D eigenvalue weighted by Crippen LogP contribution is 2.25. The first-order valence-corrected chi connectivity index (χ1v) is 13.6. The standard InChI is InChI=1S/C22H27FN2O5S2/c1-17(2)14-24(20-12-13-31(27,28)16-20)22(26)15-25(19-6-4-3-5-7-19)32(29,30)21-10-8-18(23)9-11-21/h3-11,17,20H,12-16H2,1-2H3. The summed E-state index contributed by atoms with van der Waals surface area (Å²) in [4.78, 5) is 14.7. The zero-order valence-corrected chi connectivity index (χ0v) is 19.6. The Morgan fingerprint density at radius 3 is 2.25 bits per heavy atom. The molecule has 174 valence electrons. The minimum atomic E-state index is -4.17. The zero-order chi connectivity index (χ0) is 23.5. The van der Waals surface area contributed by atoms with E-state index in [0.717, 1.165) is 28.6 Å². The van der Waals surface area contributed by atoms with Crippen molar-refractivity contribution in [2.24, 2.45) is 5.92 Å². The molecule has 0 bridgehead atoms. The van der Waals surface area contributed by atoms with Crippen molar-refractivity contribution in [3.8, 4) is 0 Å². The first kappa shape index (κ1) is 24.2. The van der Waals surface area contributed by atoms with E-state index >= 15 is 0 Å². The van der Waals surface area contributed by atoms with Crippen LogP contribution in [-0.4, -0.2) is 58.3 Å². The second-order valence-electron chi connectivity index (χ2n) is 8.30. The Labute approximate surface area is 188 Å². The summed E-state index contributed by atoms with van der Waals surface area (Å²) in [5.41, 5.74) is 0.286. The maximum atomic E-state index is 13.4. The van der Waals surface area contributed by atoms with Crippen LogP contribution in [0.15, 0.2) is 59.5 Å². The fraction of sp³-hybridized carbons (Fsp3) is 0.409. The predicted molar refractivity (Wildman–Crippen MR) is 121 cm³/mol. The molecule has 1 fully saturated rings. The average Bonchev–Trinajstić information content (AvgIpc) is 3.10. The normalized spacial score (nSPS) is 17.9. The van der Waals surface area contributed by atoms with Gasteiger partial charge in [0.05, 0.1) is 22.1 Å². The van der Waals surface area contributed by atoms with Crippen LogP contribution in [0, 0.1) is 11.7 Å². The fourth-order valence-electron chi connectivity index (χ4n) is 3.73. The van der Waals surface area contributed by atoms with E-state index in [9.17, 15) is 26.0 Å². The number of sulfone groups is 1. The van der Waals surface area contributed by atoms with Crippen LogP contribution < -0.4 is 4.31 Å². The lowest BCUT2D eigenvalue weighted by Crippen LogP contribution is -2.49. The predicted octanol–water partition coefficient (Wildman–Crippen LogP) is 2.69. The third-order valence-corrected chi connectivity index (χ3v) is 8.79. The molecule has 0 radical (unpaired) electrons. The van der Waals surface area contributed by atoms with E-state index in [1.54, 1.807) is 30.3 Å². The third kappa shape index (κ3) is 5.66. The van der Waals surface area contributed by atoms with Crippen LogP contribution in [-0.2, 0) is 24.7 Å². The highest BCUT2D eigenvalue weighted by Gasteiger charge is 2.37. The average molecular weight is 483 g/mol. The Morgan fingerprint density at radius 1 is 1.09 bits per heavy atom. The molecule has 1 heterocycles. The van der Waals surface area contributed by atoms with Crippen LogP contribution in [0.3, 0.4) is 0 Å². The molecule has 0 aliphatic carbocycles. The smallest absolute Gasteiger partial charge is 0.264 e. The van der Waals surface area contributed by atoms with Crippen molar-refractivity contribution in [1.82, 2.24) is 4.90 Å². The van der Waals surface area contributed by atoms with Crippen molar-refractivity contribution < 1.29 is 26.0 Å². The summed E-state index contributed by atoms with van der Waals surface area (Å²) in [6.45, 7) is 3.65. The van der Waals surface area contributed by atoms with Gasteiger partial charge in [-0.15, -0.1) is 0 Å². The summed E-state index contributed by atoms with van der Waals surface area (Å²) in [6.07, 6.45) is 0.330. The van der Waals surface area contributed by atoms with Gasteiger partial charge in [-0.3, -0.25) is 9.10 Å². The molecule has 1 aliphatic heterocycles. The van der Waals surface area contributed by atoms with Crippen LogP contribution in [0.4, 0.5) is 10.1 Å². The van der Waals surface area contributed by atoms with Gasteiger partial charge in [-0.2, -0.15) is 0 Å². The Kier molecular flexibility index (Phi) is 7.24. The van der Waals surface area contributed by atoms with Crippen molar-refractivity contribution >= 4 is 31.5 Å². The Morgan fingerprint density at radius 2 is 1.72 bits per heavy atom. The molecule has 1 atom stereocenters. The highest BCUT2D eigenvalue weighted by molar-refractivity contribution is 7.93. The van der Waals surface area contributed by atoms with Gasteiger partial charge in [-0.25, -0.2) is 21.2 Å². The third-order valence-electron chi connectivity index (χ3n) is 5.26. The molecule has 10 heteroatoms. The lowest BCUT2D eigenvalue weighted by molar-refractivity contribution is -0.132. The second kappa shape index (κ2) is 9.58. The monoisotopic (exact) mass is 482 g/mol. The van der Waals surface area contributed by atoms with Crippen LogP contribution in [0.2, 0.25) is 0 Å². The fourth-order valence-corrected chi connectivity index (χ4v) is 6.87. The number of benzene rings is 2. The van der Waals surface area contributed by atoms with Gasteiger partial charge in [-0.05, 0) is 48.7 Å². The van der Waals surface area contributed by atoms with E-state index in [0.29, 0.717) is 13.0 Å². The number of sulfonamides is 1. The molecular weight excluding hydrogens is 455 g/mol. The summed E-state index contributed by atoms with van der Waals surface area (Å²) in [5.74, 6) is -1.09. The van der Waals surface area contributed by atoms with Gasteiger partial charge in [-0.1, -0.05) is 32.0 Å². The Bertz CT molecular complexity index is 1150. The van der Waals surface area contributed by atoms with Gasteiger partial charge in [0.1, 0.15) is 12.4 Å². The molecule has 0 aromatic heterocycles. The molecule has 0 spiro atoms. The van der Waals surface area contributed by atoms with Gasteiger partial charge in [0.2, 0.25) is 5.91 Å². The maximum Gasteiger partial charge on any atom is 0.264 e. The van der Waals surface area contributed by atoms with Crippen LogP contribution in [0.1, 0.15) is 20.3 Å². The molecule has 1 unspecified atom stereocenters. The summed E-state index contributed by atoms with van der Waals surface area (Å²) in [7, 11) is -7.40. The molecule has 7 nitrogen and oxygen atoms in total. The van der Waals surface area contributed by atoms with E-state index in [1.165, 1.54) is 4.90 Å². The molecule has 1 aliphatic rings. The van der Waals surface area contributed by atoms with Crippen molar-refractivity contribution in [2.45, 2.75) is 31.2 Å². The molecule has 3 rings (SSSR count). The van der Waals surface area contributed by atoms with Gasteiger partial charge in [0.25, 0.3) is 10.0 Å². The topological polar surface area (TPSA) is 91.8 Å². The van der Waals surface area contributed by atoms with Crippen LogP contribution >= 0.6 is 0 Å². The largest absolute Gasteiger partial charge is 0.337 e. The summed E-state index contributed by atoms with van der Waals surface area (Å²) >= 11 is 0. The highest BCUT2D eigenvalue weighted by atomic mass is 32.2. The van der Waals surface area contributed by atoms with Crippen molar-refractivity contribution in [3.63, 3.8) is 0 Å². The number of anilines is 1. The number of amides is 1. The quantitative estimate of drug-likeness (QED) is 0.577. The second-order valence-corrected chi connectivity index (χ2v) is 12.4. The molecular formula is C22H27FN2O5S2. The molecule has 32 heavy (non-hydrogen) atoms. The van der Waals surface area contributed by atoms with Gasteiger partial charge < -0.3 is 4.90 Å². The lowest BCUT2D eigenvalue weighted by Gasteiger charge is -2.33. The molecule has 1 amide bonds. The molecule has 2 aromatic carbocycles. The van der Waals surface area contributed by atoms with Gasteiger partial charge in [0.15, 0.2) is 9.84 Å². The zero-order valence-electron chi connectivity index (χ0n) is 18.0. The van der Waals surface area contributed by atoms with Crippen LogP contribution in [0.25, 0.3) is 0 Å².